The van der Waals surface area contributed by atoms with Crippen LogP contribution < -0.4 is 0 Å². The van der Waals surface area contributed by atoms with E-state index in [-0.39, 0.29) is 22.9 Å². The first-order valence-corrected chi connectivity index (χ1v) is 6.89. The van der Waals surface area contributed by atoms with Crippen molar-refractivity contribution < 1.29 is 18.3 Å². The molecule has 1 aromatic rings. The first-order valence-electron chi connectivity index (χ1n) is 4.54. The van der Waals surface area contributed by atoms with E-state index in [9.17, 15) is 13.2 Å². The molecule has 88 valence electrons. The fourth-order valence-corrected chi connectivity index (χ4v) is 3.09. The van der Waals surface area contributed by atoms with Crippen LogP contribution in [0.25, 0.3) is 0 Å². The van der Waals surface area contributed by atoms with Crippen LogP contribution in [0.3, 0.4) is 0 Å². The van der Waals surface area contributed by atoms with Crippen molar-refractivity contribution in [1.29, 1.82) is 0 Å². The van der Waals surface area contributed by atoms with Gasteiger partial charge in [-0.05, 0) is 11.6 Å². The van der Waals surface area contributed by atoms with Gasteiger partial charge in [0, 0.05) is 5.88 Å². The molecular weight excluding hydrogens is 252 g/mol. The first kappa shape index (κ1) is 13.0. The van der Waals surface area contributed by atoms with Gasteiger partial charge in [0.05, 0.1) is 17.1 Å². The third-order valence-corrected chi connectivity index (χ3v) is 4.00. The van der Waals surface area contributed by atoms with E-state index >= 15 is 0 Å². The second-order valence-electron chi connectivity index (χ2n) is 3.24. The number of hydrogen-bond acceptors (Lipinski definition) is 3. The van der Waals surface area contributed by atoms with E-state index in [0.717, 1.165) is 0 Å². The number of hydrogen-bond donors (Lipinski definition) is 1. The zero-order valence-electron chi connectivity index (χ0n) is 8.39. The number of halogens is 1. The molecule has 0 spiro atoms. The summed E-state index contributed by atoms with van der Waals surface area (Å²) >= 11 is 5.36. The van der Waals surface area contributed by atoms with E-state index < -0.39 is 15.8 Å². The number of rotatable bonds is 5. The third kappa shape index (κ3) is 3.50. The number of sulfone groups is 1. The summed E-state index contributed by atoms with van der Waals surface area (Å²) in [5.74, 6) is -1.56. The van der Waals surface area contributed by atoms with Crippen molar-refractivity contribution in [2.24, 2.45) is 0 Å². The van der Waals surface area contributed by atoms with E-state index in [4.69, 9.17) is 16.7 Å². The summed E-state index contributed by atoms with van der Waals surface area (Å²) in [5, 5.41) is 8.87. The van der Waals surface area contributed by atoms with Crippen molar-refractivity contribution in [2.75, 3.05) is 11.6 Å². The predicted octanol–water partition coefficient (Wildman–Crippen LogP) is 1.54. The molecule has 0 amide bonds. The first-order chi connectivity index (χ1) is 7.46. The van der Waals surface area contributed by atoms with E-state index in [1.165, 1.54) is 12.1 Å². The molecule has 0 saturated carbocycles. The average Bonchev–Trinajstić information content (AvgIpc) is 2.17. The molecule has 16 heavy (non-hydrogen) atoms. The smallest absolute Gasteiger partial charge is 0.335 e. The predicted molar refractivity (Wildman–Crippen MR) is 61.6 cm³/mol. The third-order valence-electron chi connectivity index (χ3n) is 2.01. The van der Waals surface area contributed by atoms with Crippen molar-refractivity contribution in [2.45, 2.75) is 5.75 Å². The van der Waals surface area contributed by atoms with Crippen LogP contribution in [0.5, 0.6) is 0 Å². The van der Waals surface area contributed by atoms with Gasteiger partial charge in [0.1, 0.15) is 0 Å². The lowest BCUT2D eigenvalue weighted by Crippen LogP contribution is -2.13. The van der Waals surface area contributed by atoms with Gasteiger partial charge in [0.25, 0.3) is 0 Å². The summed E-state index contributed by atoms with van der Waals surface area (Å²) in [4.78, 5) is 10.8. The summed E-state index contributed by atoms with van der Waals surface area (Å²) in [6, 6.07) is 6.04. The average molecular weight is 263 g/mol. The minimum absolute atomic E-state index is 0.0115. The molecule has 0 fully saturated rings. The summed E-state index contributed by atoms with van der Waals surface area (Å²) in [7, 11) is -3.34. The Labute approximate surface area is 98.8 Å². The van der Waals surface area contributed by atoms with E-state index in [2.05, 4.69) is 0 Å². The standard InChI is InChI=1S/C10H11ClO4S/c11-5-6-16(14,15)7-8-3-1-2-4-9(8)10(12)13/h1-4H,5-7H2,(H,12,13). The lowest BCUT2D eigenvalue weighted by Gasteiger charge is -2.05. The molecule has 1 rings (SSSR count). The van der Waals surface area contributed by atoms with Crippen LogP contribution in [0.15, 0.2) is 24.3 Å². The summed E-state index contributed by atoms with van der Waals surface area (Å²) in [6.07, 6.45) is 0. The van der Waals surface area contributed by atoms with Gasteiger partial charge in [0.2, 0.25) is 0 Å². The number of carboxylic acid groups (broad SMARTS) is 1. The molecule has 0 atom stereocenters. The number of carboxylic acids is 1. The number of carbonyl (C=O) groups is 1. The van der Waals surface area contributed by atoms with Gasteiger partial charge in [-0.2, -0.15) is 0 Å². The maximum absolute atomic E-state index is 11.5. The van der Waals surface area contributed by atoms with Crippen LogP contribution >= 0.6 is 11.6 Å². The normalized spacial score (nSPS) is 11.3. The van der Waals surface area contributed by atoms with Gasteiger partial charge in [-0.3, -0.25) is 0 Å². The highest BCUT2D eigenvalue weighted by Gasteiger charge is 2.16. The summed E-state index contributed by atoms with van der Waals surface area (Å²) in [6.45, 7) is 0. The molecule has 0 heterocycles. The molecule has 0 aliphatic rings. The maximum Gasteiger partial charge on any atom is 0.335 e. The molecule has 4 nitrogen and oxygen atoms in total. The molecule has 0 aliphatic heterocycles. The lowest BCUT2D eigenvalue weighted by atomic mass is 10.1. The van der Waals surface area contributed by atoms with Crippen molar-refractivity contribution >= 4 is 27.4 Å². The molecule has 0 radical (unpaired) electrons. The minimum Gasteiger partial charge on any atom is -0.478 e. The molecule has 1 N–H and O–H groups in total. The van der Waals surface area contributed by atoms with Gasteiger partial charge in [0.15, 0.2) is 9.84 Å². The van der Waals surface area contributed by atoms with Crippen LogP contribution in [-0.2, 0) is 15.6 Å². The fraction of sp³-hybridized carbons (Fsp3) is 0.300. The van der Waals surface area contributed by atoms with E-state index in [0.29, 0.717) is 5.56 Å². The highest BCUT2D eigenvalue weighted by atomic mass is 35.5. The molecule has 0 saturated heterocycles. The number of aromatic carboxylic acids is 1. The Bertz CT molecular complexity index is 481. The Hall–Kier alpha value is -1.07. The Morgan fingerprint density at radius 1 is 1.31 bits per heavy atom. The largest absolute Gasteiger partial charge is 0.478 e. The van der Waals surface area contributed by atoms with Crippen LogP contribution in [0.1, 0.15) is 15.9 Å². The van der Waals surface area contributed by atoms with Crippen LogP contribution in [-0.4, -0.2) is 31.1 Å². The number of benzene rings is 1. The van der Waals surface area contributed by atoms with Crippen molar-refractivity contribution in [1.82, 2.24) is 0 Å². The monoisotopic (exact) mass is 262 g/mol. The minimum atomic E-state index is -3.34. The second kappa shape index (κ2) is 5.32. The maximum atomic E-state index is 11.5. The molecule has 0 aromatic heterocycles. The van der Waals surface area contributed by atoms with Gasteiger partial charge >= 0.3 is 5.97 Å². The Balaban J connectivity index is 3.02. The SMILES string of the molecule is O=C(O)c1ccccc1CS(=O)(=O)CCCl. The van der Waals surface area contributed by atoms with Crippen LogP contribution in [0.2, 0.25) is 0 Å². The Kier molecular flexibility index (Phi) is 4.32. The van der Waals surface area contributed by atoms with Gasteiger partial charge in [-0.15, -0.1) is 11.6 Å². The molecular formula is C10H11ClO4S. The molecule has 1 aromatic carbocycles. The Morgan fingerprint density at radius 2 is 1.94 bits per heavy atom. The molecule has 0 bridgehead atoms. The molecule has 6 heteroatoms. The fourth-order valence-electron chi connectivity index (χ4n) is 1.28. The number of alkyl halides is 1. The highest BCUT2D eigenvalue weighted by molar-refractivity contribution is 7.90. The molecule has 0 aliphatic carbocycles. The van der Waals surface area contributed by atoms with E-state index in [1.54, 1.807) is 12.1 Å². The summed E-state index contributed by atoms with van der Waals surface area (Å²) in [5.41, 5.74) is 0.306. The lowest BCUT2D eigenvalue weighted by molar-refractivity contribution is 0.0696. The van der Waals surface area contributed by atoms with Crippen molar-refractivity contribution in [3.05, 3.63) is 35.4 Å². The van der Waals surface area contributed by atoms with Crippen molar-refractivity contribution in [3.63, 3.8) is 0 Å². The van der Waals surface area contributed by atoms with Gasteiger partial charge in [-0.25, -0.2) is 13.2 Å². The zero-order chi connectivity index (χ0) is 12.2. The van der Waals surface area contributed by atoms with Crippen LogP contribution in [0.4, 0.5) is 0 Å². The van der Waals surface area contributed by atoms with Crippen LogP contribution in [0, 0.1) is 0 Å². The van der Waals surface area contributed by atoms with E-state index in [1.807, 2.05) is 0 Å². The van der Waals surface area contributed by atoms with Gasteiger partial charge < -0.3 is 5.11 Å². The van der Waals surface area contributed by atoms with Gasteiger partial charge in [-0.1, -0.05) is 18.2 Å². The summed E-state index contributed by atoms with van der Waals surface area (Å²) < 4.78 is 23.0. The second-order valence-corrected chi connectivity index (χ2v) is 5.81. The van der Waals surface area contributed by atoms with Crippen molar-refractivity contribution in [3.8, 4) is 0 Å². The molecule has 0 unspecified atom stereocenters. The zero-order valence-corrected chi connectivity index (χ0v) is 9.96. The topological polar surface area (TPSA) is 71.4 Å². The highest BCUT2D eigenvalue weighted by Crippen LogP contribution is 2.13. The quantitative estimate of drug-likeness (QED) is 0.817. The Morgan fingerprint density at radius 3 is 2.50 bits per heavy atom.